The van der Waals surface area contributed by atoms with Crippen LogP contribution in [0.15, 0.2) is 42.7 Å². The smallest absolute Gasteiger partial charge is 0.244 e. The van der Waals surface area contributed by atoms with Crippen LogP contribution in [0.3, 0.4) is 0 Å². The van der Waals surface area contributed by atoms with Gasteiger partial charge in [-0.1, -0.05) is 30.3 Å². The summed E-state index contributed by atoms with van der Waals surface area (Å²) >= 11 is 0. The van der Waals surface area contributed by atoms with Crippen LogP contribution in [-0.2, 0) is 18.4 Å². The van der Waals surface area contributed by atoms with Crippen molar-refractivity contribution in [2.45, 2.75) is 31.5 Å². The molecule has 0 radical (unpaired) electrons. The molecule has 1 amide bonds. The zero-order valence-electron chi connectivity index (χ0n) is 12.1. The van der Waals surface area contributed by atoms with Crippen molar-refractivity contribution in [3.8, 4) is 0 Å². The SMILES string of the molecule is Cn1cc(C(N)C(=O)N(Cc2ccccc2)C2CC2)cn1. The van der Waals surface area contributed by atoms with E-state index in [1.165, 1.54) is 0 Å². The molecule has 1 aromatic heterocycles. The lowest BCUT2D eigenvalue weighted by molar-refractivity contribution is -0.134. The van der Waals surface area contributed by atoms with Crippen LogP contribution < -0.4 is 5.73 Å². The third kappa shape index (κ3) is 3.13. The molecule has 0 aliphatic heterocycles. The number of nitrogens with two attached hydrogens (primary N) is 1. The summed E-state index contributed by atoms with van der Waals surface area (Å²) in [4.78, 5) is 14.6. The summed E-state index contributed by atoms with van der Waals surface area (Å²) in [5.74, 6) is -0.0191. The van der Waals surface area contributed by atoms with Gasteiger partial charge < -0.3 is 10.6 Å². The number of aromatic nitrogens is 2. The van der Waals surface area contributed by atoms with Crippen LogP contribution in [0.1, 0.15) is 30.0 Å². The lowest BCUT2D eigenvalue weighted by atomic mass is 10.1. The van der Waals surface area contributed by atoms with Crippen LogP contribution in [0.25, 0.3) is 0 Å². The minimum atomic E-state index is -0.636. The summed E-state index contributed by atoms with van der Waals surface area (Å²) in [6.45, 7) is 0.623. The summed E-state index contributed by atoms with van der Waals surface area (Å²) in [5.41, 5.74) is 8.03. The Morgan fingerprint density at radius 2 is 2.14 bits per heavy atom. The number of amides is 1. The number of hydrogen-bond donors (Lipinski definition) is 1. The van der Waals surface area contributed by atoms with Crippen LogP contribution in [0.5, 0.6) is 0 Å². The largest absolute Gasteiger partial charge is 0.334 e. The molecule has 1 unspecified atom stereocenters. The number of carbonyl (C=O) groups is 1. The molecule has 5 nitrogen and oxygen atoms in total. The van der Waals surface area contributed by atoms with Crippen molar-refractivity contribution in [3.63, 3.8) is 0 Å². The van der Waals surface area contributed by atoms with Crippen molar-refractivity contribution < 1.29 is 4.79 Å². The number of nitrogens with zero attached hydrogens (tertiary/aromatic N) is 3. The van der Waals surface area contributed by atoms with Gasteiger partial charge in [0.15, 0.2) is 0 Å². The van der Waals surface area contributed by atoms with Gasteiger partial charge >= 0.3 is 0 Å². The fourth-order valence-electron chi connectivity index (χ4n) is 2.48. The average molecular weight is 284 g/mol. The highest BCUT2D eigenvalue weighted by Crippen LogP contribution is 2.30. The fraction of sp³-hybridized carbons (Fsp3) is 0.375. The van der Waals surface area contributed by atoms with E-state index in [1.807, 2.05) is 42.3 Å². The van der Waals surface area contributed by atoms with Gasteiger partial charge in [-0.25, -0.2) is 0 Å². The van der Waals surface area contributed by atoms with E-state index < -0.39 is 6.04 Å². The molecule has 1 fully saturated rings. The van der Waals surface area contributed by atoms with Gasteiger partial charge in [0, 0.05) is 31.4 Å². The molecule has 21 heavy (non-hydrogen) atoms. The zero-order valence-corrected chi connectivity index (χ0v) is 12.1. The van der Waals surface area contributed by atoms with Gasteiger partial charge in [-0.15, -0.1) is 0 Å². The minimum absolute atomic E-state index is 0.0191. The molecular formula is C16H20N4O. The van der Waals surface area contributed by atoms with Crippen molar-refractivity contribution in [2.75, 3.05) is 0 Å². The second kappa shape index (κ2) is 5.69. The van der Waals surface area contributed by atoms with Gasteiger partial charge in [0.05, 0.1) is 6.20 Å². The van der Waals surface area contributed by atoms with E-state index in [1.54, 1.807) is 17.1 Å². The Kier molecular flexibility index (Phi) is 3.75. The van der Waals surface area contributed by atoms with E-state index >= 15 is 0 Å². The molecule has 5 heteroatoms. The van der Waals surface area contributed by atoms with Gasteiger partial charge in [-0.05, 0) is 18.4 Å². The Morgan fingerprint density at radius 3 is 2.71 bits per heavy atom. The Labute approximate surface area is 124 Å². The molecule has 1 aliphatic carbocycles. The molecule has 1 saturated carbocycles. The van der Waals surface area contributed by atoms with Crippen molar-refractivity contribution >= 4 is 5.91 Å². The molecule has 0 saturated heterocycles. The first kappa shape index (κ1) is 13.8. The predicted octanol–water partition coefficient (Wildman–Crippen LogP) is 1.61. The predicted molar refractivity (Wildman–Crippen MR) is 80.2 cm³/mol. The number of aryl methyl sites for hydroxylation is 1. The fourth-order valence-corrected chi connectivity index (χ4v) is 2.48. The first-order valence-corrected chi connectivity index (χ1v) is 7.23. The minimum Gasteiger partial charge on any atom is -0.334 e. The Morgan fingerprint density at radius 1 is 1.43 bits per heavy atom. The van der Waals surface area contributed by atoms with Gasteiger partial charge in [0.2, 0.25) is 5.91 Å². The van der Waals surface area contributed by atoms with Crippen molar-refractivity contribution in [1.82, 2.24) is 14.7 Å². The summed E-state index contributed by atoms with van der Waals surface area (Å²) in [6, 6.07) is 9.74. The summed E-state index contributed by atoms with van der Waals surface area (Å²) < 4.78 is 1.67. The maximum Gasteiger partial charge on any atom is 0.244 e. The van der Waals surface area contributed by atoms with Gasteiger partial charge in [-0.3, -0.25) is 9.48 Å². The zero-order chi connectivity index (χ0) is 14.8. The molecule has 3 rings (SSSR count). The Hall–Kier alpha value is -2.14. The molecule has 1 heterocycles. The Balaban J connectivity index is 1.76. The number of rotatable bonds is 5. The number of benzene rings is 1. The van der Waals surface area contributed by atoms with Gasteiger partial charge in [-0.2, -0.15) is 5.10 Å². The van der Waals surface area contributed by atoms with Crippen LogP contribution in [0.2, 0.25) is 0 Å². The van der Waals surface area contributed by atoms with Crippen molar-refractivity contribution in [2.24, 2.45) is 12.8 Å². The summed E-state index contributed by atoms with van der Waals surface area (Å²) in [7, 11) is 1.82. The first-order chi connectivity index (χ1) is 10.1. The number of hydrogen-bond acceptors (Lipinski definition) is 3. The molecule has 2 N–H and O–H groups in total. The highest BCUT2D eigenvalue weighted by atomic mass is 16.2. The van der Waals surface area contributed by atoms with Crippen LogP contribution in [-0.4, -0.2) is 26.6 Å². The molecule has 2 aromatic rings. The second-order valence-corrected chi connectivity index (χ2v) is 5.61. The summed E-state index contributed by atoms with van der Waals surface area (Å²) in [6.07, 6.45) is 5.60. The number of carbonyl (C=O) groups excluding carboxylic acids is 1. The van der Waals surface area contributed by atoms with Crippen molar-refractivity contribution in [1.29, 1.82) is 0 Å². The molecule has 0 spiro atoms. The third-order valence-electron chi connectivity index (χ3n) is 3.82. The van der Waals surface area contributed by atoms with E-state index in [9.17, 15) is 4.79 Å². The maximum absolute atomic E-state index is 12.7. The topological polar surface area (TPSA) is 64.2 Å². The van der Waals surface area contributed by atoms with E-state index in [0.29, 0.717) is 12.6 Å². The molecular weight excluding hydrogens is 264 g/mol. The molecule has 1 aliphatic rings. The Bertz CT molecular complexity index is 618. The second-order valence-electron chi connectivity index (χ2n) is 5.61. The lowest BCUT2D eigenvalue weighted by Crippen LogP contribution is -2.39. The highest BCUT2D eigenvalue weighted by molar-refractivity contribution is 5.83. The average Bonchev–Trinajstić information content (AvgIpc) is 3.25. The standard InChI is InChI=1S/C16H20N4O/c1-19-11-13(9-18-19)15(17)16(21)20(14-7-8-14)10-12-5-3-2-4-6-12/h2-6,9,11,14-15H,7-8,10,17H2,1H3. The van der Waals surface area contributed by atoms with Crippen LogP contribution in [0, 0.1) is 0 Å². The van der Waals surface area contributed by atoms with Crippen LogP contribution in [0.4, 0.5) is 0 Å². The van der Waals surface area contributed by atoms with E-state index in [-0.39, 0.29) is 5.91 Å². The van der Waals surface area contributed by atoms with E-state index in [4.69, 9.17) is 5.73 Å². The summed E-state index contributed by atoms with van der Waals surface area (Å²) in [5, 5.41) is 4.09. The normalized spacial score (nSPS) is 15.7. The quantitative estimate of drug-likeness (QED) is 0.907. The van der Waals surface area contributed by atoms with Gasteiger partial charge in [0.25, 0.3) is 0 Å². The monoisotopic (exact) mass is 284 g/mol. The van der Waals surface area contributed by atoms with Crippen molar-refractivity contribution in [3.05, 3.63) is 53.9 Å². The molecule has 110 valence electrons. The highest BCUT2D eigenvalue weighted by Gasteiger charge is 2.35. The van der Waals surface area contributed by atoms with Gasteiger partial charge in [0.1, 0.15) is 6.04 Å². The van der Waals surface area contributed by atoms with E-state index in [2.05, 4.69) is 5.10 Å². The lowest BCUT2D eigenvalue weighted by Gasteiger charge is -2.25. The maximum atomic E-state index is 12.7. The van der Waals surface area contributed by atoms with E-state index in [0.717, 1.165) is 24.0 Å². The molecule has 1 atom stereocenters. The molecule has 1 aromatic carbocycles. The molecule has 0 bridgehead atoms. The first-order valence-electron chi connectivity index (χ1n) is 7.23. The van der Waals surface area contributed by atoms with Crippen LogP contribution >= 0.6 is 0 Å². The third-order valence-corrected chi connectivity index (χ3v) is 3.82.